The highest BCUT2D eigenvalue weighted by Crippen LogP contribution is 2.48. The number of benzene rings is 1. The molecular formula is C16H21ClN2O. The van der Waals surface area contributed by atoms with Gasteiger partial charge in [-0.05, 0) is 49.9 Å². The Labute approximate surface area is 125 Å². The van der Waals surface area contributed by atoms with Crippen molar-refractivity contribution in [2.24, 2.45) is 5.92 Å². The lowest BCUT2D eigenvalue weighted by molar-refractivity contribution is -0.125. The lowest BCUT2D eigenvalue weighted by Gasteiger charge is -2.24. The predicted molar refractivity (Wildman–Crippen MR) is 81.0 cm³/mol. The molecule has 1 aliphatic heterocycles. The number of rotatable bonds is 4. The summed E-state index contributed by atoms with van der Waals surface area (Å²) in [6, 6.07) is 8.04. The first-order chi connectivity index (χ1) is 9.70. The first-order valence-corrected chi connectivity index (χ1v) is 7.82. The lowest BCUT2D eigenvalue weighted by Crippen LogP contribution is -2.42. The number of piperidine rings is 1. The summed E-state index contributed by atoms with van der Waals surface area (Å²) in [5.41, 5.74) is 1.38. The quantitative estimate of drug-likeness (QED) is 0.895. The largest absolute Gasteiger partial charge is 0.355 e. The maximum Gasteiger partial charge on any atom is 0.224 e. The summed E-state index contributed by atoms with van der Waals surface area (Å²) in [5, 5.41) is 7.22. The Hall–Kier alpha value is -1.06. The Balaban J connectivity index is 1.59. The van der Waals surface area contributed by atoms with Crippen LogP contribution >= 0.6 is 11.6 Å². The van der Waals surface area contributed by atoms with Crippen molar-refractivity contribution < 1.29 is 4.79 Å². The highest BCUT2D eigenvalue weighted by atomic mass is 35.5. The normalized spacial score (nSPS) is 24.1. The molecule has 108 valence electrons. The molecule has 0 spiro atoms. The molecule has 1 aromatic carbocycles. The third-order valence-corrected chi connectivity index (χ3v) is 4.79. The van der Waals surface area contributed by atoms with Gasteiger partial charge < -0.3 is 10.6 Å². The van der Waals surface area contributed by atoms with Crippen molar-refractivity contribution in [2.75, 3.05) is 19.6 Å². The van der Waals surface area contributed by atoms with Crippen LogP contribution in [0.1, 0.15) is 31.2 Å². The van der Waals surface area contributed by atoms with Crippen molar-refractivity contribution in [3.8, 4) is 0 Å². The zero-order chi connectivity index (χ0) is 14.0. The van der Waals surface area contributed by atoms with Crippen LogP contribution in [0.4, 0.5) is 0 Å². The summed E-state index contributed by atoms with van der Waals surface area (Å²) in [6.07, 6.45) is 4.37. The second kappa shape index (κ2) is 5.74. The monoisotopic (exact) mass is 292 g/mol. The van der Waals surface area contributed by atoms with Gasteiger partial charge in [-0.2, -0.15) is 0 Å². The van der Waals surface area contributed by atoms with Crippen LogP contribution in [-0.2, 0) is 10.2 Å². The fourth-order valence-corrected chi connectivity index (χ4v) is 3.20. The molecule has 0 aromatic heterocycles. The first-order valence-electron chi connectivity index (χ1n) is 7.44. The number of amides is 1. The number of carbonyl (C=O) groups excluding carboxylic acids is 1. The maximum atomic E-state index is 12.2. The fourth-order valence-electron chi connectivity index (χ4n) is 3.01. The fraction of sp³-hybridized carbons (Fsp3) is 0.562. The van der Waals surface area contributed by atoms with E-state index in [2.05, 4.69) is 16.7 Å². The molecule has 1 saturated carbocycles. The van der Waals surface area contributed by atoms with E-state index < -0.39 is 0 Å². The molecule has 1 unspecified atom stereocenters. The van der Waals surface area contributed by atoms with E-state index in [9.17, 15) is 4.79 Å². The molecular weight excluding hydrogens is 272 g/mol. The van der Waals surface area contributed by atoms with Crippen molar-refractivity contribution in [2.45, 2.75) is 31.1 Å². The molecule has 2 aliphatic rings. The summed E-state index contributed by atoms with van der Waals surface area (Å²) in [4.78, 5) is 12.2. The highest BCUT2D eigenvalue weighted by molar-refractivity contribution is 6.30. The number of hydrogen-bond acceptors (Lipinski definition) is 2. The Bertz CT molecular complexity index is 493. The highest BCUT2D eigenvalue weighted by Gasteiger charge is 2.44. The SMILES string of the molecule is O=C(NCC1(c2cccc(Cl)c2)CC1)C1CCCNC1. The maximum absolute atomic E-state index is 12.2. The minimum absolute atomic E-state index is 0.128. The molecule has 0 radical (unpaired) electrons. The molecule has 1 aromatic rings. The van der Waals surface area contributed by atoms with Gasteiger partial charge in [-0.15, -0.1) is 0 Å². The minimum Gasteiger partial charge on any atom is -0.355 e. The summed E-state index contributed by atoms with van der Waals surface area (Å²) in [7, 11) is 0. The van der Waals surface area contributed by atoms with E-state index in [1.807, 2.05) is 18.2 Å². The lowest BCUT2D eigenvalue weighted by atomic mass is 9.94. The van der Waals surface area contributed by atoms with Crippen LogP contribution in [-0.4, -0.2) is 25.5 Å². The number of halogens is 1. The van der Waals surface area contributed by atoms with E-state index in [-0.39, 0.29) is 17.2 Å². The van der Waals surface area contributed by atoms with Gasteiger partial charge in [0.2, 0.25) is 5.91 Å². The van der Waals surface area contributed by atoms with Crippen LogP contribution in [0.5, 0.6) is 0 Å². The molecule has 4 heteroatoms. The van der Waals surface area contributed by atoms with Crippen molar-refractivity contribution >= 4 is 17.5 Å². The Morgan fingerprint density at radius 1 is 1.45 bits per heavy atom. The average molecular weight is 293 g/mol. The molecule has 3 rings (SSSR count). The number of nitrogens with one attached hydrogen (secondary N) is 2. The van der Waals surface area contributed by atoms with Gasteiger partial charge in [-0.1, -0.05) is 23.7 Å². The summed E-state index contributed by atoms with van der Waals surface area (Å²) >= 11 is 6.07. The van der Waals surface area contributed by atoms with Gasteiger partial charge in [0, 0.05) is 23.5 Å². The van der Waals surface area contributed by atoms with Crippen molar-refractivity contribution in [1.29, 1.82) is 0 Å². The summed E-state index contributed by atoms with van der Waals surface area (Å²) in [6.45, 7) is 2.59. The van der Waals surface area contributed by atoms with Gasteiger partial charge in [-0.3, -0.25) is 4.79 Å². The first kappa shape index (κ1) is 13.9. The Kier molecular flexibility index (Phi) is 3.99. The standard InChI is InChI=1S/C16H21ClN2O/c17-14-5-1-4-13(9-14)16(6-7-16)11-19-15(20)12-3-2-8-18-10-12/h1,4-5,9,12,18H,2-3,6-8,10-11H2,(H,19,20). The van der Waals surface area contributed by atoms with Gasteiger partial charge in [0.25, 0.3) is 0 Å². The molecule has 2 N–H and O–H groups in total. The van der Waals surface area contributed by atoms with Gasteiger partial charge in [0.15, 0.2) is 0 Å². The van der Waals surface area contributed by atoms with Gasteiger partial charge in [0.1, 0.15) is 0 Å². The topological polar surface area (TPSA) is 41.1 Å². The van der Waals surface area contributed by atoms with E-state index in [0.717, 1.165) is 50.3 Å². The third kappa shape index (κ3) is 2.99. The van der Waals surface area contributed by atoms with E-state index in [4.69, 9.17) is 11.6 Å². The van der Waals surface area contributed by atoms with Crippen molar-refractivity contribution in [3.63, 3.8) is 0 Å². The van der Waals surface area contributed by atoms with Gasteiger partial charge in [0.05, 0.1) is 5.92 Å². The van der Waals surface area contributed by atoms with Crippen molar-refractivity contribution in [3.05, 3.63) is 34.9 Å². The summed E-state index contributed by atoms with van der Waals surface area (Å²) in [5.74, 6) is 0.337. The minimum atomic E-state index is 0.128. The van der Waals surface area contributed by atoms with E-state index in [0.29, 0.717) is 0 Å². The molecule has 2 fully saturated rings. The number of carbonyl (C=O) groups is 1. The van der Waals surface area contributed by atoms with Crippen LogP contribution in [0, 0.1) is 5.92 Å². The third-order valence-electron chi connectivity index (χ3n) is 4.56. The van der Waals surface area contributed by atoms with Crippen LogP contribution < -0.4 is 10.6 Å². The van der Waals surface area contributed by atoms with Gasteiger partial charge in [-0.25, -0.2) is 0 Å². The van der Waals surface area contributed by atoms with E-state index in [1.165, 1.54) is 5.56 Å². The zero-order valence-electron chi connectivity index (χ0n) is 11.6. The second-order valence-corrected chi connectivity index (χ2v) is 6.49. The Morgan fingerprint density at radius 3 is 2.95 bits per heavy atom. The van der Waals surface area contributed by atoms with Crippen LogP contribution in [0.25, 0.3) is 0 Å². The van der Waals surface area contributed by atoms with Gasteiger partial charge >= 0.3 is 0 Å². The molecule has 1 aliphatic carbocycles. The van der Waals surface area contributed by atoms with E-state index in [1.54, 1.807) is 0 Å². The second-order valence-electron chi connectivity index (χ2n) is 6.05. The Morgan fingerprint density at radius 2 is 2.30 bits per heavy atom. The number of hydrogen-bond donors (Lipinski definition) is 2. The molecule has 1 atom stereocenters. The van der Waals surface area contributed by atoms with Crippen LogP contribution in [0.3, 0.4) is 0 Å². The molecule has 1 heterocycles. The average Bonchev–Trinajstić information content (AvgIpc) is 3.27. The summed E-state index contributed by atoms with van der Waals surface area (Å²) < 4.78 is 0. The van der Waals surface area contributed by atoms with Crippen LogP contribution in [0.15, 0.2) is 24.3 Å². The molecule has 0 bridgehead atoms. The molecule has 1 saturated heterocycles. The molecule has 1 amide bonds. The van der Waals surface area contributed by atoms with Crippen molar-refractivity contribution in [1.82, 2.24) is 10.6 Å². The predicted octanol–water partition coefficient (Wildman–Crippen LogP) is 2.49. The van der Waals surface area contributed by atoms with Crippen LogP contribution in [0.2, 0.25) is 5.02 Å². The zero-order valence-corrected chi connectivity index (χ0v) is 12.4. The smallest absolute Gasteiger partial charge is 0.224 e. The molecule has 20 heavy (non-hydrogen) atoms. The van der Waals surface area contributed by atoms with E-state index >= 15 is 0 Å². The molecule has 3 nitrogen and oxygen atoms in total.